The molecule has 0 atom stereocenters. The smallest absolute Gasteiger partial charge is 0.00845 e. The summed E-state index contributed by atoms with van der Waals surface area (Å²) >= 11 is 0. The Morgan fingerprint density at radius 2 is 1.02 bits per heavy atom. The lowest BCUT2D eigenvalue weighted by Crippen LogP contribution is -2.14. The second-order valence-electron chi connectivity index (χ2n) is 13.8. The largest absolute Gasteiger partial charge is 0.0738 e. The van der Waals surface area contributed by atoms with Crippen molar-refractivity contribution in [3.05, 3.63) is 193 Å². The molecule has 8 aromatic rings. The third kappa shape index (κ3) is 5.09. The maximum absolute atomic E-state index is 2.37. The summed E-state index contributed by atoms with van der Waals surface area (Å²) < 4.78 is 0. The van der Waals surface area contributed by atoms with Gasteiger partial charge in [0, 0.05) is 5.41 Å². The van der Waals surface area contributed by atoms with E-state index in [1.165, 1.54) is 87.6 Å². The van der Waals surface area contributed by atoms with Gasteiger partial charge in [0.2, 0.25) is 0 Å². The molecule has 0 bridgehead atoms. The minimum atomic E-state index is -0.0941. The fourth-order valence-electron chi connectivity index (χ4n) is 7.80. The summed E-state index contributed by atoms with van der Waals surface area (Å²) in [5, 5.41) is 10.2. The van der Waals surface area contributed by atoms with Crippen LogP contribution in [0.15, 0.2) is 176 Å². The van der Waals surface area contributed by atoms with Gasteiger partial charge < -0.3 is 0 Å². The standard InChI is InChI=1S/C49H36/c1-49(2)29-28-34(14-9-15-35-12-4-8-23-48(35)49)40-19-10-22-45-42(20-11-21-44(40)45)37-26-24-33-25-27-38(31-39(33)30-37)47-32-36-13-3-5-16-41(36)43-17-6-7-18-46(43)47/h3-32H,1-2H3/b15-9+,29-28+,34-14+. The normalized spacial score (nSPS) is 16.4. The van der Waals surface area contributed by atoms with E-state index in [9.17, 15) is 0 Å². The van der Waals surface area contributed by atoms with Crippen LogP contribution in [0.25, 0.3) is 77.0 Å². The molecule has 0 radical (unpaired) electrons. The Balaban J connectivity index is 1.16. The molecule has 1 aliphatic carbocycles. The van der Waals surface area contributed by atoms with E-state index in [2.05, 4.69) is 196 Å². The van der Waals surface area contributed by atoms with Gasteiger partial charge in [-0.05, 0) is 106 Å². The molecule has 0 N–H and O–H groups in total. The fraction of sp³-hybridized carbons (Fsp3) is 0.0612. The highest BCUT2D eigenvalue weighted by Crippen LogP contribution is 2.39. The van der Waals surface area contributed by atoms with E-state index >= 15 is 0 Å². The van der Waals surface area contributed by atoms with E-state index in [1.54, 1.807) is 0 Å². The molecule has 0 heterocycles. The van der Waals surface area contributed by atoms with Crippen LogP contribution in [0.2, 0.25) is 0 Å². The van der Waals surface area contributed by atoms with E-state index < -0.39 is 0 Å². The topological polar surface area (TPSA) is 0 Å². The van der Waals surface area contributed by atoms with Gasteiger partial charge in [0.05, 0.1) is 0 Å². The van der Waals surface area contributed by atoms with E-state index in [0.717, 1.165) is 0 Å². The first-order valence-electron chi connectivity index (χ1n) is 17.2. The predicted molar refractivity (Wildman–Crippen MR) is 213 cm³/mol. The summed E-state index contributed by atoms with van der Waals surface area (Å²) in [4.78, 5) is 0. The zero-order valence-electron chi connectivity index (χ0n) is 27.8. The Kier molecular flexibility index (Phi) is 6.92. The summed E-state index contributed by atoms with van der Waals surface area (Å²) in [6.45, 7) is 4.60. The molecular weight excluding hydrogens is 589 g/mol. The van der Waals surface area contributed by atoms with Crippen molar-refractivity contribution in [3.63, 3.8) is 0 Å². The SMILES string of the molecule is CC1(C)/C=C/C(c2cccc3c(-c4ccc5ccc(-c6cc7ccccc7c7ccccc67)cc5c4)cccc23)=C\C=C\c2ccccc21. The van der Waals surface area contributed by atoms with Crippen LogP contribution < -0.4 is 0 Å². The summed E-state index contributed by atoms with van der Waals surface area (Å²) in [6, 6.07) is 55.8. The lowest BCUT2D eigenvalue weighted by Gasteiger charge is -2.23. The van der Waals surface area contributed by atoms with Crippen LogP contribution in [0.1, 0.15) is 30.5 Å². The minimum absolute atomic E-state index is 0.0941. The molecule has 232 valence electrons. The summed E-state index contributed by atoms with van der Waals surface area (Å²) in [6.07, 6.45) is 11.4. The van der Waals surface area contributed by atoms with Crippen LogP contribution in [0.5, 0.6) is 0 Å². The number of hydrogen-bond acceptors (Lipinski definition) is 0. The lowest BCUT2D eigenvalue weighted by molar-refractivity contribution is 0.669. The van der Waals surface area contributed by atoms with Crippen molar-refractivity contribution in [2.45, 2.75) is 19.3 Å². The molecule has 0 fully saturated rings. The summed E-state index contributed by atoms with van der Waals surface area (Å²) in [5.74, 6) is 0. The van der Waals surface area contributed by atoms with Gasteiger partial charge in [0.15, 0.2) is 0 Å². The second kappa shape index (κ2) is 11.6. The van der Waals surface area contributed by atoms with Crippen LogP contribution >= 0.6 is 0 Å². The van der Waals surface area contributed by atoms with E-state index in [4.69, 9.17) is 0 Å². The van der Waals surface area contributed by atoms with Crippen molar-refractivity contribution in [2.24, 2.45) is 0 Å². The molecule has 0 nitrogen and oxygen atoms in total. The van der Waals surface area contributed by atoms with Crippen molar-refractivity contribution >= 4 is 54.7 Å². The first-order chi connectivity index (χ1) is 24.0. The van der Waals surface area contributed by atoms with Gasteiger partial charge in [-0.15, -0.1) is 0 Å². The molecular formula is C49H36. The molecule has 0 unspecified atom stereocenters. The maximum atomic E-state index is 2.37. The number of hydrogen-bond donors (Lipinski definition) is 0. The Morgan fingerprint density at radius 3 is 1.84 bits per heavy atom. The van der Waals surface area contributed by atoms with Gasteiger partial charge in [0.1, 0.15) is 0 Å². The highest BCUT2D eigenvalue weighted by molar-refractivity contribution is 6.14. The summed E-state index contributed by atoms with van der Waals surface area (Å²) in [7, 11) is 0. The fourth-order valence-corrected chi connectivity index (χ4v) is 7.80. The monoisotopic (exact) mass is 624 g/mol. The maximum Gasteiger partial charge on any atom is 0.00845 e. The van der Waals surface area contributed by atoms with Crippen molar-refractivity contribution in [3.8, 4) is 22.3 Å². The lowest BCUT2D eigenvalue weighted by atomic mass is 9.81. The van der Waals surface area contributed by atoms with Gasteiger partial charge in [-0.25, -0.2) is 0 Å². The van der Waals surface area contributed by atoms with Crippen LogP contribution in [0.3, 0.4) is 0 Å². The number of benzene rings is 8. The number of rotatable bonds is 3. The molecule has 0 amide bonds. The van der Waals surface area contributed by atoms with Gasteiger partial charge in [-0.2, -0.15) is 0 Å². The van der Waals surface area contributed by atoms with Crippen molar-refractivity contribution in [1.82, 2.24) is 0 Å². The third-order valence-corrected chi connectivity index (χ3v) is 10.3. The van der Waals surface area contributed by atoms with E-state index in [1.807, 2.05) is 0 Å². The Labute approximate surface area is 288 Å². The molecule has 0 aliphatic heterocycles. The van der Waals surface area contributed by atoms with Gasteiger partial charge in [-0.3, -0.25) is 0 Å². The zero-order valence-corrected chi connectivity index (χ0v) is 27.8. The quantitative estimate of drug-likeness (QED) is 0.172. The number of fused-ring (bicyclic) bond motifs is 6. The Morgan fingerprint density at radius 1 is 0.408 bits per heavy atom. The molecule has 0 aromatic heterocycles. The molecule has 1 aliphatic rings. The molecule has 0 spiro atoms. The average Bonchev–Trinajstić information content (AvgIpc) is 3.21. The second-order valence-corrected chi connectivity index (χ2v) is 13.8. The molecule has 0 saturated carbocycles. The van der Waals surface area contributed by atoms with E-state index in [0.29, 0.717) is 0 Å². The van der Waals surface area contributed by atoms with Gasteiger partial charge in [-0.1, -0.05) is 178 Å². The molecule has 0 saturated heterocycles. The Hall–Kier alpha value is -5.98. The zero-order chi connectivity index (χ0) is 33.0. The predicted octanol–water partition coefficient (Wildman–Crippen LogP) is 13.6. The van der Waals surface area contributed by atoms with E-state index in [-0.39, 0.29) is 5.41 Å². The van der Waals surface area contributed by atoms with Crippen LogP contribution in [0.4, 0.5) is 0 Å². The van der Waals surface area contributed by atoms with Crippen LogP contribution in [-0.2, 0) is 5.41 Å². The van der Waals surface area contributed by atoms with Crippen molar-refractivity contribution in [1.29, 1.82) is 0 Å². The molecule has 0 heteroatoms. The van der Waals surface area contributed by atoms with Crippen LogP contribution in [-0.4, -0.2) is 0 Å². The average molecular weight is 625 g/mol. The number of allylic oxidation sites excluding steroid dienone is 5. The molecule has 49 heavy (non-hydrogen) atoms. The molecule has 9 rings (SSSR count). The highest BCUT2D eigenvalue weighted by Gasteiger charge is 2.20. The minimum Gasteiger partial charge on any atom is -0.0738 e. The van der Waals surface area contributed by atoms with Crippen LogP contribution in [0, 0.1) is 0 Å². The first kappa shape index (κ1) is 29.2. The molecule has 8 aromatic carbocycles. The van der Waals surface area contributed by atoms with Crippen molar-refractivity contribution in [2.75, 3.05) is 0 Å². The summed E-state index contributed by atoms with van der Waals surface area (Å²) in [5.41, 5.74) is 9.96. The first-order valence-corrected chi connectivity index (χ1v) is 17.2. The van der Waals surface area contributed by atoms with Gasteiger partial charge in [0.25, 0.3) is 0 Å². The van der Waals surface area contributed by atoms with Gasteiger partial charge >= 0.3 is 0 Å². The Bertz CT molecular complexity index is 2680. The highest BCUT2D eigenvalue weighted by atomic mass is 14.2. The van der Waals surface area contributed by atoms with Crippen molar-refractivity contribution < 1.29 is 0 Å². The third-order valence-electron chi connectivity index (χ3n) is 10.3.